The van der Waals surface area contributed by atoms with E-state index in [-0.39, 0.29) is 0 Å². The number of oxime groups is 1. The molecular formula is C9H15NOSi. The van der Waals surface area contributed by atoms with Gasteiger partial charge in [-0.2, -0.15) is 0 Å². The first-order valence-electron chi connectivity index (χ1n) is 4.14. The predicted molar refractivity (Wildman–Crippen MR) is 54.7 cm³/mol. The van der Waals surface area contributed by atoms with E-state index >= 15 is 0 Å². The van der Waals surface area contributed by atoms with Crippen LogP contribution >= 0.6 is 0 Å². The van der Waals surface area contributed by atoms with E-state index in [1.165, 1.54) is 0 Å². The van der Waals surface area contributed by atoms with Gasteiger partial charge in [0, 0.05) is 5.92 Å². The van der Waals surface area contributed by atoms with Crippen LogP contribution in [0.15, 0.2) is 29.5 Å². The molecule has 1 aliphatic rings. The van der Waals surface area contributed by atoms with Gasteiger partial charge in [0.15, 0.2) is 0 Å². The largest absolute Gasteiger partial charge is 0.456 e. The third kappa shape index (κ3) is 3.53. The molecule has 0 amide bonds. The second-order valence-electron chi connectivity index (χ2n) is 3.81. The quantitative estimate of drug-likeness (QED) is 0.372. The van der Waals surface area contributed by atoms with Crippen molar-refractivity contribution in [2.45, 2.75) is 19.6 Å². The van der Waals surface area contributed by atoms with Crippen LogP contribution in [0.5, 0.6) is 0 Å². The van der Waals surface area contributed by atoms with E-state index < -0.39 is 8.32 Å². The molecule has 0 N–H and O–H groups in total. The fourth-order valence-electron chi connectivity index (χ4n) is 0.807. The summed E-state index contributed by atoms with van der Waals surface area (Å²) in [5.41, 5.74) is 0. The minimum absolute atomic E-state index is 0.335. The highest BCUT2D eigenvalue weighted by Gasteiger charge is 2.15. The Balaban J connectivity index is 2.31. The number of nitrogens with zero attached hydrogens (tertiary/aromatic N) is 1. The van der Waals surface area contributed by atoms with Gasteiger partial charge in [-0.05, 0) is 19.6 Å². The van der Waals surface area contributed by atoms with E-state index in [1.807, 2.05) is 18.4 Å². The summed E-state index contributed by atoms with van der Waals surface area (Å²) >= 11 is 0. The van der Waals surface area contributed by atoms with E-state index in [9.17, 15) is 0 Å². The first-order valence-corrected chi connectivity index (χ1v) is 7.55. The Morgan fingerprint density at radius 1 is 1.25 bits per heavy atom. The summed E-state index contributed by atoms with van der Waals surface area (Å²) in [5.74, 6) is 0.335. The van der Waals surface area contributed by atoms with Gasteiger partial charge in [0.05, 0.1) is 6.21 Å². The summed E-state index contributed by atoms with van der Waals surface area (Å²) in [6.45, 7) is 6.35. The van der Waals surface area contributed by atoms with Gasteiger partial charge in [-0.15, -0.1) is 5.16 Å². The third-order valence-corrected chi connectivity index (χ3v) is 1.99. The first-order chi connectivity index (χ1) is 5.58. The molecule has 2 nitrogen and oxygen atoms in total. The zero-order valence-electron chi connectivity index (χ0n) is 7.82. The molecular weight excluding hydrogens is 166 g/mol. The molecule has 0 unspecified atom stereocenters. The lowest BCUT2D eigenvalue weighted by Gasteiger charge is -2.12. The van der Waals surface area contributed by atoms with Crippen molar-refractivity contribution >= 4 is 14.5 Å². The first kappa shape index (κ1) is 9.26. The molecule has 66 valence electrons. The van der Waals surface area contributed by atoms with E-state index in [2.05, 4.69) is 36.9 Å². The normalized spacial score (nSPS) is 17.9. The van der Waals surface area contributed by atoms with Crippen LogP contribution < -0.4 is 0 Å². The molecule has 0 heterocycles. The zero-order valence-corrected chi connectivity index (χ0v) is 8.82. The van der Waals surface area contributed by atoms with Gasteiger partial charge in [0.25, 0.3) is 8.32 Å². The molecule has 0 aromatic rings. The smallest absolute Gasteiger partial charge is 0.278 e. The molecule has 3 heteroatoms. The second-order valence-corrected chi connectivity index (χ2v) is 8.21. The topological polar surface area (TPSA) is 21.6 Å². The van der Waals surface area contributed by atoms with Crippen LogP contribution in [0.3, 0.4) is 0 Å². The van der Waals surface area contributed by atoms with Crippen LogP contribution in [0, 0.1) is 5.92 Å². The highest BCUT2D eigenvalue weighted by Crippen LogP contribution is 2.07. The van der Waals surface area contributed by atoms with Crippen molar-refractivity contribution in [2.24, 2.45) is 11.1 Å². The summed E-state index contributed by atoms with van der Waals surface area (Å²) in [6, 6.07) is 0. The van der Waals surface area contributed by atoms with Gasteiger partial charge in [-0.25, -0.2) is 0 Å². The molecule has 0 fully saturated rings. The Labute approximate surface area is 74.7 Å². The Kier molecular flexibility index (Phi) is 2.86. The Bertz CT molecular complexity index is 213. The summed E-state index contributed by atoms with van der Waals surface area (Å²) in [4.78, 5) is 0. The minimum Gasteiger partial charge on any atom is -0.456 e. The van der Waals surface area contributed by atoms with E-state index in [4.69, 9.17) is 4.53 Å². The average molecular weight is 181 g/mol. The van der Waals surface area contributed by atoms with Gasteiger partial charge in [0.2, 0.25) is 0 Å². The third-order valence-electron chi connectivity index (χ3n) is 1.34. The van der Waals surface area contributed by atoms with Gasteiger partial charge >= 0.3 is 0 Å². The van der Waals surface area contributed by atoms with Crippen LogP contribution in [0.4, 0.5) is 0 Å². The minimum atomic E-state index is -1.48. The molecule has 0 saturated carbocycles. The van der Waals surface area contributed by atoms with Crippen molar-refractivity contribution in [3.05, 3.63) is 24.3 Å². The molecule has 0 bridgehead atoms. The second kappa shape index (κ2) is 3.71. The van der Waals surface area contributed by atoms with Crippen molar-refractivity contribution in [1.82, 2.24) is 0 Å². The molecule has 12 heavy (non-hydrogen) atoms. The summed E-state index contributed by atoms with van der Waals surface area (Å²) < 4.78 is 5.33. The van der Waals surface area contributed by atoms with Gasteiger partial charge in [0.1, 0.15) is 0 Å². The monoisotopic (exact) mass is 181 g/mol. The average Bonchev–Trinajstić information content (AvgIpc) is 2.36. The van der Waals surface area contributed by atoms with Crippen molar-refractivity contribution < 1.29 is 4.53 Å². The van der Waals surface area contributed by atoms with Gasteiger partial charge < -0.3 is 4.53 Å². The van der Waals surface area contributed by atoms with Crippen LogP contribution in [0.2, 0.25) is 19.6 Å². The molecule has 0 atom stereocenters. The SMILES string of the molecule is C[Si](C)(C)ON=CC1C=CC=C1. The molecule has 1 rings (SSSR count). The molecule has 0 spiro atoms. The maximum atomic E-state index is 5.33. The fraction of sp³-hybridized carbons (Fsp3) is 0.444. The van der Waals surface area contributed by atoms with Crippen LogP contribution in [-0.2, 0) is 4.53 Å². The summed E-state index contributed by atoms with van der Waals surface area (Å²) in [7, 11) is -1.48. The van der Waals surface area contributed by atoms with Crippen molar-refractivity contribution in [1.29, 1.82) is 0 Å². The zero-order chi connectivity index (χ0) is 9.03. The van der Waals surface area contributed by atoms with Crippen molar-refractivity contribution in [3.63, 3.8) is 0 Å². The number of rotatable bonds is 3. The molecule has 0 radical (unpaired) electrons. The van der Waals surface area contributed by atoms with E-state index in [0.29, 0.717) is 5.92 Å². The maximum absolute atomic E-state index is 5.33. The lowest BCUT2D eigenvalue weighted by molar-refractivity contribution is 0.336. The lowest BCUT2D eigenvalue weighted by Crippen LogP contribution is -2.22. The Morgan fingerprint density at radius 3 is 2.33 bits per heavy atom. The Morgan fingerprint density at radius 2 is 1.83 bits per heavy atom. The maximum Gasteiger partial charge on any atom is 0.278 e. The summed E-state index contributed by atoms with van der Waals surface area (Å²) in [6.07, 6.45) is 10.0. The lowest BCUT2D eigenvalue weighted by atomic mass is 10.2. The van der Waals surface area contributed by atoms with Crippen LogP contribution in [0.25, 0.3) is 0 Å². The highest BCUT2D eigenvalue weighted by atomic mass is 28.4. The predicted octanol–water partition coefficient (Wildman–Crippen LogP) is 2.57. The van der Waals surface area contributed by atoms with Crippen molar-refractivity contribution in [3.8, 4) is 0 Å². The molecule has 1 aliphatic carbocycles. The standard InChI is InChI=1S/C9H15NOSi/c1-12(2,3)11-10-8-9-6-4-5-7-9/h4-9H,1-3H3. The molecule has 0 aromatic heterocycles. The summed E-state index contributed by atoms with van der Waals surface area (Å²) in [5, 5.41) is 3.96. The van der Waals surface area contributed by atoms with Gasteiger partial charge in [-0.3, -0.25) is 0 Å². The van der Waals surface area contributed by atoms with Crippen LogP contribution in [-0.4, -0.2) is 14.5 Å². The molecule has 0 aliphatic heterocycles. The van der Waals surface area contributed by atoms with Gasteiger partial charge in [-0.1, -0.05) is 24.3 Å². The van der Waals surface area contributed by atoms with E-state index in [1.54, 1.807) is 0 Å². The van der Waals surface area contributed by atoms with Crippen LogP contribution in [0.1, 0.15) is 0 Å². The molecule has 0 aromatic carbocycles. The number of allylic oxidation sites excluding steroid dienone is 4. The highest BCUT2D eigenvalue weighted by molar-refractivity contribution is 6.69. The fourth-order valence-corrected chi connectivity index (χ4v) is 1.18. The number of hydrogen-bond acceptors (Lipinski definition) is 2. The Hall–Kier alpha value is -0.833. The van der Waals surface area contributed by atoms with Crippen molar-refractivity contribution in [2.75, 3.05) is 0 Å². The van der Waals surface area contributed by atoms with E-state index in [0.717, 1.165) is 0 Å². The molecule has 0 saturated heterocycles. The number of hydrogen-bond donors (Lipinski definition) is 0.